The van der Waals surface area contributed by atoms with Crippen LogP contribution < -0.4 is 5.73 Å². The van der Waals surface area contributed by atoms with Crippen molar-refractivity contribution < 1.29 is 19.5 Å². The molecule has 0 aromatic rings. The number of nitrogens with two attached hydrogens (primary N) is 1. The van der Waals surface area contributed by atoms with E-state index in [1.807, 2.05) is 0 Å². The molecule has 6 heteroatoms. The van der Waals surface area contributed by atoms with Crippen LogP contribution in [0.4, 0.5) is 0 Å². The van der Waals surface area contributed by atoms with Gasteiger partial charge in [-0.1, -0.05) is 6.42 Å². The summed E-state index contributed by atoms with van der Waals surface area (Å²) < 4.78 is 4.30. The van der Waals surface area contributed by atoms with Gasteiger partial charge in [0.25, 0.3) is 5.91 Å². The molecular formula is C10H18N2O4. The fraction of sp³-hybridized carbons (Fsp3) is 0.600. The summed E-state index contributed by atoms with van der Waals surface area (Å²) in [7, 11) is 1.21. The highest BCUT2D eigenvalue weighted by molar-refractivity contribution is 5.93. The molecule has 1 amide bonds. The summed E-state index contributed by atoms with van der Waals surface area (Å²) in [5.74, 6) is -1.27. The summed E-state index contributed by atoms with van der Waals surface area (Å²) in [6.45, 7) is 0.825. The maximum atomic E-state index is 11.2. The third-order valence-electron chi connectivity index (χ3n) is 1.89. The average molecular weight is 230 g/mol. The summed E-state index contributed by atoms with van der Waals surface area (Å²) >= 11 is 0. The summed E-state index contributed by atoms with van der Waals surface area (Å²) in [4.78, 5) is 21.8. The first-order valence-electron chi connectivity index (χ1n) is 5.08. The summed E-state index contributed by atoms with van der Waals surface area (Å²) in [6.07, 6.45) is 4.31. The maximum absolute atomic E-state index is 11.2. The molecule has 0 heterocycles. The number of unbranched alkanes of at least 4 members (excludes halogenated alkanes) is 2. The van der Waals surface area contributed by atoms with E-state index in [0.717, 1.165) is 25.0 Å². The SMILES string of the molecule is COC(=O)/C=C/C(=O)N(O)CCCCCN. The van der Waals surface area contributed by atoms with E-state index in [9.17, 15) is 14.8 Å². The Balaban J connectivity index is 3.81. The van der Waals surface area contributed by atoms with Gasteiger partial charge >= 0.3 is 5.97 Å². The molecule has 16 heavy (non-hydrogen) atoms. The second-order valence-corrected chi connectivity index (χ2v) is 3.17. The first kappa shape index (κ1) is 14.6. The van der Waals surface area contributed by atoms with Gasteiger partial charge in [0.1, 0.15) is 0 Å². The molecule has 0 aliphatic heterocycles. The van der Waals surface area contributed by atoms with E-state index in [2.05, 4.69) is 4.74 Å². The molecule has 0 fully saturated rings. The minimum Gasteiger partial charge on any atom is -0.466 e. The fourth-order valence-electron chi connectivity index (χ4n) is 0.986. The van der Waals surface area contributed by atoms with Gasteiger partial charge in [-0.2, -0.15) is 0 Å². The van der Waals surface area contributed by atoms with Crippen molar-refractivity contribution in [2.24, 2.45) is 5.73 Å². The molecule has 3 N–H and O–H groups in total. The Bertz CT molecular complexity index is 253. The van der Waals surface area contributed by atoms with E-state index in [-0.39, 0.29) is 6.54 Å². The zero-order valence-electron chi connectivity index (χ0n) is 9.39. The van der Waals surface area contributed by atoms with Crippen molar-refractivity contribution >= 4 is 11.9 Å². The molecule has 0 saturated carbocycles. The van der Waals surface area contributed by atoms with Crippen LogP contribution in [0, 0.1) is 0 Å². The lowest BCUT2D eigenvalue weighted by Crippen LogP contribution is -2.26. The summed E-state index contributed by atoms with van der Waals surface area (Å²) in [6, 6.07) is 0. The van der Waals surface area contributed by atoms with E-state index in [4.69, 9.17) is 5.73 Å². The van der Waals surface area contributed by atoms with E-state index in [1.165, 1.54) is 7.11 Å². The number of ether oxygens (including phenoxy) is 1. The Morgan fingerprint density at radius 2 is 2.00 bits per heavy atom. The highest BCUT2D eigenvalue weighted by Crippen LogP contribution is 1.97. The Morgan fingerprint density at radius 3 is 2.56 bits per heavy atom. The first-order valence-corrected chi connectivity index (χ1v) is 5.08. The molecule has 0 atom stereocenters. The van der Waals surface area contributed by atoms with E-state index in [1.54, 1.807) is 0 Å². The Hall–Kier alpha value is -1.40. The topological polar surface area (TPSA) is 92.9 Å². The van der Waals surface area contributed by atoms with Gasteiger partial charge in [-0.05, 0) is 19.4 Å². The largest absolute Gasteiger partial charge is 0.466 e. The van der Waals surface area contributed by atoms with Crippen molar-refractivity contribution in [3.8, 4) is 0 Å². The van der Waals surface area contributed by atoms with Gasteiger partial charge in [0, 0.05) is 18.7 Å². The number of hydrogen-bond acceptors (Lipinski definition) is 5. The highest BCUT2D eigenvalue weighted by Gasteiger charge is 2.06. The van der Waals surface area contributed by atoms with Crippen LogP contribution in [-0.2, 0) is 14.3 Å². The number of esters is 1. The Labute approximate surface area is 94.6 Å². The first-order chi connectivity index (χ1) is 7.61. The zero-order valence-corrected chi connectivity index (χ0v) is 9.39. The van der Waals surface area contributed by atoms with Gasteiger partial charge in [-0.3, -0.25) is 10.0 Å². The molecule has 0 radical (unpaired) electrons. The second-order valence-electron chi connectivity index (χ2n) is 3.17. The molecule has 0 aliphatic carbocycles. The Morgan fingerprint density at radius 1 is 1.31 bits per heavy atom. The monoisotopic (exact) mass is 230 g/mol. The second kappa shape index (κ2) is 8.87. The van der Waals surface area contributed by atoms with Crippen LogP contribution in [0.25, 0.3) is 0 Å². The summed E-state index contributed by atoms with van der Waals surface area (Å²) in [5, 5.41) is 9.82. The highest BCUT2D eigenvalue weighted by atomic mass is 16.5. The van der Waals surface area contributed by atoms with Crippen LogP contribution in [0.5, 0.6) is 0 Å². The molecule has 0 rings (SSSR count). The van der Waals surface area contributed by atoms with Crippen LogP contribution in [-0.4, -0.2) is 42.3 Å². The third-order valence-corrected chi connectivity index (χ3v) is 1.89. The predicted octanol–water partition coefficient (Wildman–Crippen LogP) is 0.0624. The molecular weight excluding hydrogens is 212 g/mol. The van der Waals surface area contributed by atoms with Crippen LogP contribution in [0.1, 0.15) is 19.3 Å². The molecule has 0 aromatic heterocycles. The number of methoxy groups -OCH3 is 1. The van der Waals surface area contributed by atoms with E-state index >= 15 is 0 Å². The lowest BCUT2D eigenvalue weighted by atomic mass is 10.2. The fourth-order valence-corrected chi connectivity index (χ4v) is 0.986. The lowest BCUT2D eigenvalue weighted by molar-refractivity contribution is -0.159. The summed E-state index contributed by atoms with van der Waals surface area (Å²) in [5.41, 5.74) is 5.30. The average Bonchev–Trinajstić information content (AvgIpc) is 2.30. The van der Waals surface area contributed by atoms with Gasteiger partial charge in [0.2, 0.25) is 0 Å². The number of hydroxylamine groups is 2. The number of carbonyl (C=O) groups excluding carboxylic acids is 2. The molecule has 0 aromatic carbocycles. The van der Waals surface area contributed by atoms with Crippen molar-refractivity contribution in [2.45, 2.75) is 19.3 Å². The molecule has 0 unspecified atom stereocenters. The lowest BCUT2D eigenvalue weighted by Gasteiger charge is -2.11. The van der Waals surface area contributed by atoms with Crippen LogP contribution in [0.3, 0.4) is 0 Å². The van der Waals surface area contributed by atoms with Crippen molar-refractivity contribution in [1.82, 2.24) is 5.06 Å². The quantitative estimate of drug-likeness (QED) is 0.212. The normalized spacial score (nSPS) is 10.4. The Kier molecular flexibility index (Phi) is 8.10. The minimum absolute atomic E-state index is 0.227. The molecule has 92 valence electrons. The van der Waals surface area contributed by atoms with Gasteiger partial charge in [0.05, 0.1) is 7.11 Å². The van der Waals surface area contributed by atoms with Gasteiger partial charge < -0.3 is 10.5 Å². The number of nitrogens with zero attached hydrogens (tertiary/aromatic N) is 1. The standard InChI is InChI=1S/C10H18N2O4/c1-16-10(14)6-5-9(13)12(15)8-4-2-3-7-11/h5-6,15H,2-4,7-8,11H2,1H3/b6-5+. The molecule has 0 aliphatic rings. The number of rotatable bonds is 7. The molecule has 0 bridgehead atoms. The van der Waals surface area contributed by atoms with E-state index in [0.29, 0.717) is 18.0 Å². The molecule has 0 saturated heterocycles. The van der Waals surface area contributed by atoms with Crippen molar-refractivity contribution in [1.29, 1.82) is 0 Å². The van der Waals surface area contributed by atoms with E-state index < -0.39 is 11.9 Å². The third kappa shape index (κ3) is 6.97. The number of hydrogen-bond donors (Lipinski definition) is 2. The van der Waals surface area contributed by atoms with Gasteiger partial charge in [0.15, 0.2) is 0 Å². The van der Waals surface area contributed by atoms with Crippen molar-refractivity contribution in [3.05, 3.63) is 12.2 Å². The van der Waals surface area contributed by atoms with Gasteiger partial charge in [-0.15, -0.1) is 0 Å². The van der Waals surface area contributed by atoms with Crippen LogP contribution in [0.15, 0.2) is 12.2 Å². The van der Waals surface area contributed by atoms with Crippen molar-refractivity contribution in [3.63, 3.8) is 0 Å². The predicted molar refractivity (Wildman–Crippen MR) is 57.6 cm³/mol. The van der Waals surface area contributed by atoms with Crippen molar-refractivity contribution in [2.75, 3.05) is 20.2 Å². The smallest absolute Gasteiger partial charge is 0.330 e. The van der Waals surface area contributed by atoms with Gasteiger partial charge in [-0.25, -0.2) is 9.86 Å². The minimum atomic E-state index is -0.641. The van der Waals surface area contributed by atoms with Crippen LogP contribution in [0.2, 0.25) is 0 Å². The maximum Gasteiger partial charge on any atom is 0.330 e. The number of amides is 1. The molecule has 6 nitrogen and oxygen atoms in total. The molecule has 0 spiro atoms. The van der Waals surface area contributed by atoms with Crippen LogP contribution >= 0.6 is 0 Å². The number of carbonyl (C=O) groups is 2. The zero-order chi connectivity index (χ0) is 12.4.